The normalized spacial score (nSPS) is 20.1. The molecule has 2 nitrogen and oxygen atoms in total. The van der Waals surface area contributed by atoms with Crippen molar-refractivity contribution in [1.29, 1.82) is 0 Å². The monoisotopic (exact) mass is 464 g/mol. The Morgan fingerprint density at radius 3 is 2.06 bits per heavy atom. The van der Waals surface area contributed by atoms with Gasteiger partial charge in [0.25, 0.3) is 0 Å². The summed E-state index contributed by atoms with van der Waals surface area (Å²) in [7, 11) is 0. The van der Waals surface area contributed by atoms with Gasteiger partial charge in [-0.2, -0.15) is 0 Å². The van der Waals surface area contributed by atoms with E-state index in [1.165, 1.54) is 43.1 Å². The molecular weight excluding hydrogens is 440 g/mol. The Balaban J connectivity index is 1.35. The van der Waals surface area contributed by atoms with Crippen molar-refractivity contribution in [2.24, 2.45) is 0 Å². The summed E-state index contributed by atoms with van der Waals surface area (Å²) in [4.78, 5) is 0. The molecule has 0 amide bonds. The molecule has 0 aromatic heterocycles. The van der Waals surface area contributed by atoms with E-state index in [9.17, 15) is 10.2 Å². The van der Waals surface area contributed by atoms with E-state index in [0.717, 1.165) is 27.5 Å². The van der Waals surface area contributed by atoms with Gasteiger partial charge in [-0.3, -0.25) is 0 Å². The lowest BCUT2D eigenvalue weighted by molar-refractivity contribution is -0.0938. The summed E-state index contributed by atoms with van der Waals surface area (Å²) in [5.41, 5.74) is 1.43. The van der Waals surface area contributed by atoms with Gasteiger partial charge in [-0.1, -0.05) is 103 Å². The van der Waals surface area contributed by atoms with E-state index in [0.29, 0.717) is 12.8 Å². The van der Waals surface area contributed by atoms with Crippen LogP contribution in [0.5, 0.6) is 0 Å². The average Bonchev–Trinajstić information content (AvgIpc) is 2.93. The third-order valence-corrected chi connectivity index (χ3v) is 8.57. The molecule has 36 heavy (non-hydrogen) atoms. The van der Waals surface area contributed by atoms with E-state index < -0.39 is 11.7 Å². The number of fused-ring (bicyclic) bond motifs is 5. The first-order valence-corrected chi connectivity index (χ1v) is 12.6. The Bertz CT molecular complexity index is 1970. The average molecular weight is 465 g/mol. The van der Waals surface area contributed by atoms with Crippen LogP contribution in [0.25, 0.3) is 53.9 Å². The Morgan fingerprint density at radius 1 is 0.556 bits per heavy atom. The molecule has 0 spiro atoms. The van der Waals surface area contributed by atoms with Crippen LogP contribution in [-0.2, 0) is 12.0 Å². The van der Waals surface area contributed by atoms with Gasteiger partial charge in [-0.05, 0) is 83.4 Å². The molecule has 2 atom stereocenters. The highest BCUT2D eigenvalue weighted by molar-refractivity contribution is 6.23. The lowest BCUT2D eigenvalue weighted by Crippen LogP contribution is -2.38. The third-order valence-electron chi connectivity index (χ3n) is 8.57. The van der Waals surface area contributed by atoms with Crippen molar-refractivity contribution < 1.29 is 10.2 Å². The number of rotatable bonds is 1. The van der Waals surface area contributed by atoms with Crippen molar-refractivity contribution in [2.45, 2.75) is 24.5 Å². The maximum absolute atomic E-state index is 12.2. The first-order chi connectivity index (χ1) is 17.6. The van der Waals surface area contributed by atoms with Gasteiger partial charge < -0.3 is 10.2 Å². The molecule has 2 heteroatoms. The zero-order valence-corrected chi connectivity index (χ0v) is 19.7. The molecule has 7 aromatic rings. The number of hydrogen-bond acceptors (Lipinski definition) is 2. The molecule has 2 N–H and O–H groups in total. The Labute approximate surface area is 208 Å². The standard InChI is InChI=1S/C34H24O2/c35-33-28-16-15-25-24-7-2-1-4-20(24)10-13-26(25)27(28)18-19-34(33,36)30-17-12-23-9-8-21-5-3-6-22-11-14-29(30)32(23)31(21)22/h1-17,33,35-36H,18-19H2. The van der Waals surface area contributed by atoms with Crippen LogP contribution in [0.3, 0.4) is 0 Å². The number of hydrogen-bond donors (Lipinski definition) is 2. The molecule has 0 saturated heterocycles. The number of aliphatic hydroxyl groups is 2. The molecular formula is C34H24O2. The van der Waals surface area contributed by atoms with Gasteiger partial charge in [-0.25, -0.2) is 0 Å². The predicted molar refractivity (Wildman–Crippen MR) is 149 cm³/mol. The second kappa shape index (κ2) is 7.04. The van der Waals surface area contributed by atoms with Crippen LogP contribution in [0, 0.1) is 0 Å². The van der Waals surface area contributed by atoms with Crippen LogP contribution < -0.4 is 0 Å². The Kier molecular flexibility index (Phi) is 3.96. The fourth-order valence-corrected chi connectivity index (χ4v) is 6.81. The highest BCUT2D eigenvalue weighted by atomic mass is 16.3. The Hall–Kier alpha value is -3.98. The van der Waals surface area contributed by atoms with E-state index in [-0.39, 0.29) is 0 Å². The summed E-state index contributed by atoms with van der Waals surface area (Å²) in [5, 5.41) is 35.7. The lowest BCUT2D eigenvalue weighted by Gasteiger charge is -2.40. The van der Waals surface area contributed by atoms with Crippen molar-refractivity contribution in [1.82, 2.24) is 0 Å². The van der Waals surface area contributed by atoms with E-state index >= 15 is 0 Å². The summed E-state index contributed by atoms with van der Waals surface area (Å²) >= 11 is 0. The summed E-state index contributed by atoms with van der Waals surface area (Å²) in [6, 6.07) is 35.9. The van der Waals surface area contributed by atoms with E-state index in [1.807, 2.05) is 12.1 Å². The quantitative estimate of drug-likeness (QED) is 0.244. The summed E-state index contributed by atoms with van der Waals surface area (Å²) in [6.07, 6.45) is 0.174. The maximum Gasteiger partial charge on any atom is 0.120 e. The van der Waals surface area contributed by atoms with Gasteiger partial charge in [0.1, 0.15) is 11.7 Å². The first kappa shape index (κ1) is 20.2. The second-order valence-electron chi connectivity index (χ2n) is 10.3. The zero-order valence-electron chi connectivity index (χ0n) is 19.7. The fourth-order valence-electron chi connectivity index (χ4n) is 6.81. The molecule has 0 fully saturated rings. The van der Waals surface area contributed by atoms with Crippen LogP contribution in [-0.4, -0.2) is 10.2 Å². The minimum Gasteiger partial charge on any atom is -0.385 e. The second-order valence-corrected chi connectivity index (χ2v) is 10.3. The predicted octanol–water partition coefficient (Wildman–Crippen LogP) is 7.76. The third kappa shape index (κ3) is 2.53. The fraction of sp³-hybridized carbons (Fsp3) is 0.118. The van der Waals surface area contributed by atoms with E-state index in [4.69, 9.17) is 0 Å². The topological polar surface area (TPSA) is 40.5 Å². The van der Waals surface area contributed by atoms with Gasteiger partial charge in [0.2, 0.25) is 0 Å². The van der Waals surface area contributed by atoms with Crippen LogP contribution >= 0.6 is 0 Å². The maximum atomic E-state index is 12.2. The highest BCUT2D eigenvalue weighted by Gasteiger charge is 2.43. The molecule has 0 saturated carbocycles. The first-order valence-electron chi connectivity index (χ1n) is 12.6. The molecule has 172 valence electrons. The van der Waals surface area contributed by atoms with Crippen molar-refractivity contribution in [3.05, 3.63) is 120 Å². The lowest BCUT2D eigenvalue weighted by atomic mass is 9.71. The highest BCUT2D eigenvalue weighted by Crippen LogP contribution is 2.49. The molecule has 8 rings (SSSR count). The summed E-state index contributed by atoms with van der Waals surface area (Å²) in [5.74, 6) is 0. The molecule has 7 aromatic carbocycles. The van der Waals surface area contributed by atoms with Gasteiger partial charge >= 0.3 is 0 Å². The van der Waals surface area contributed by atoms with Gasteiger partial charge in [0, 0.05) is 0 Å². The molecule has 0 radical (unpaired) electrons. The van der Waals surface area contributed by atoms with Crippen molar-refractivity contribution in [3.8, 4) is 0 Å². The van der Waals surface area contributed by atoms with E-state index in [1.54, 1.807) is 0 Å². The molecule has 0 bridgehead atoms. The van der Waals surface area contributed by atoms with Crippen molar-refractivity contribution >= 4 is 53.9 Å². The minimum absolute atomic E-state index is 0.469. The molecule has 1 aliphatic carbocycles. The van der Waals surface area contributed by atoms with E-state index in [2.05, 4.69) is 91.0 Å². The van der Waals surface area contributed by atoms with Crippen molar-refractivity contribution in [3.63, 3.8) is 0 Å². The van der Waals surface area contributed by atoms with Crippen LogP contribution in [0.4, 0.5) is 0 Å². The molecule has 0 heterocycles. The number of aliphatic hydroxyl groups excluding tert-OH is 1. The van der Waals surface area contributed by atoms with Crippen LogP contribution in [0.1, 0.15) is 29.2 Å². The summed E-state index contributed by atoms with van der Waals surface area (Å²) in [6.45, 7) is 0. The van der Waals surface area contributed by atoms with Gasteiger partial charge in [0.05, 0.1) is 0 Å². The van der Waals surface area contributed by atoms with Crippen LogP contribution in [0.2, 0.25) is 0 Å². The molecule has 0 aliphatic heterocycles. The van der Waals surface area contributed by atoms with Crippen molar-refractivity contribution in [2.75, 3.05) is 0 Å². The molecule has 2 unspecified atom stereocenters. The minimum atomic E-state index is -1.36. The van der Waals surface area contributed by atoms with Gasteiger partial charge in [0.15, 0.2) is 0 Å². The number of aryl methyl sites for hydroxylation is 1. The SMILES string of the molecule is OC1c2ccc3c(ccc4ccccc43)c2CCC1(O)c1ccc2ccc3cccc4ccc1c2c34. The molecule has 1 aliphatic rings. The summed E-state index contributed by atoms with van der Waals surface area (Å²) < 4.78 is 0. The number of benzene rings is 7. The van der Waals surface area contributed by atoms with Gasteiger partial charge in [-0.15, -0.1) is 0 Å². The largest absolute Gasteiger partial charge is 0.385 e. The zero-order chi connectivity index (χ0) is 24.0. The smallest absolute Gasteiger partial charge is 0.120 e. The van der Waals surface area contributed by atoms with Crippen LogP contribution in [0.15, 0.2) is 103 Å². The Morgan fingerprint density at radius 2 is 1.19 bits per heavy atom.